The molecule has 0 bridgehead atoms. The average Bonchev–Trinajstić information content (AvgIpc) is 2.61. The Balaban J connectivity index is 1.93. The number of hydrogen-bond donors (Lipinski definition) is 2. The standard InChI is InChI=1S/C18H18N2O4/c1-24-17(23)18(9-8-12-5-2-3-6-13(12)11-18)20-16(22)15-14(21)7-4-10-19-15/h2-7,10,21H,8-9,11H2,1H3,(H,20,22). The summed E-state index contributed by atoms with van der Waals surface area (Å²) >= 11 is 0. The first kappa shape index (κ1) is 16.0. The molecule has 1 aromatic carbocycles. The molecule has 2 aromatic rings. The second-order valence-electron chi connectivity index (χ2n) is 5.84. The van der Waals surface area contributed by atoms with Crippen molar-refractivity contribution in [2.75, 3.05) is 7.11 Å². The normalized spacial score (nSPS) is 19.2. The van der Waals surface area contributed by atoms with Crippen molar-refractivity contribution < 1.29 is 19.4 Å². The number of aromatic hydroxyl groups is 1. The van der Waals surface area contributed by atoms with Gasteiger partial charge in [-0.3, -0.25) is 4.79 Å². The molecule has 124 valence electrons. The molecule has 6 heteroatoms. The van der Waals surface area contributed by atoms with E-state index in [2.05, 4.69) is 10.3 Å². The van der Waals surface area contributed by atoms with Crippen molar-refractivity contribution in [2.24, 2.45) is 0 Å². The third kappa shape index (κ3) is 2.82. The van der Waals surface area contributed by atoms with E-state index >= 15 is 0 Å². The number of fused-ring (bicyclic) bond motifs is 1. The van der Waals surface area contributed by atoms with Gasteiger partial charge in [-0.15, -0.1) is 0 Å². The average molecular weight is 326 g/mol. The van der Waals surface area contributed by atoms with Gasteiger partial charge in [0, 0.05) is 12.6 Å². The number of methoxy groups -OCH3 is 1. The topological polar surface area (TPSA) is 88.5 Å². The van der Waals surface area contributed by atoms with Crippen LogP contribution in [0.25, 0.3) is 0 Å². The second kappa shape index (κ2) is 6.31. The maximum atomic E-state index is 12.5. The van der Waals surface area contributed by atoms with Gasteiger partial charge in [-0.05, 0) is 36.1 Å². The molecule has 0 spiro atoms. The zero-order chi connectivity index (χ0) is 17.2. The third-order valence-electron chi connectivity index (χ3n) is 4.36. The number of hydrogen-bond acceptors (Lipinski definition) is 5. The Labute approximate surface area is 139 Å². The van der Waals surface area contributed by atoms with Crippen LogP contribution < -0.4 is 5.32 Å². The van der Waals surface area contributed by atoms with Crippen molar-refractivity contribution in [3.8, 4) is 5.75 Å². The van der Waals surface area contributed by atoms with Crippen molar-refractivity contribution in [2.45, 2.75) is 24.8 Å². The van der Waals surface area contributed by atoms with E-state index < -0.39 is 17.4 Å². The predicted molar refractivity (Wildman–Crippen MR) is 86.6 cm³/mol. The Hall–Kier alpha value is -2.89. The largest absolute Gasteiger partial charge is 0.505 e. The molecule has 0 aliphatic heterocycles. The van der Waals surface area contributed by atoms with E-state index in [-0.39, 0.29) is 11.4 Å². The number of carbonyl (C=O) groups is 2. The lowest BCUT2D eigenvalue weighted by molar-refractivity contribution is -0.148. The highest BCUT2D eigenvalue weighted by molar-refractivity contribution is 5.98. The molecule has 24 heavy (non-hydrogen) atoms. The number of rotatable bonds is 3. The lowest BCUT2D eigenvalue weighted by Crippen LogP contribution is -2.58. The first-order valence-electron chi connectivity index (χ1n) is 7.67. The summed E-state index contributed by atoms with van der Waals surface area (Å²) in [7, 11) is 1.30. The fourth-order valence-electron chi connectivity index (χ4n) is 3.11. The van der Waals surface area contributed by atoms with Crippen LogP contribution in [0.3, 0.4) is 0 Å². The number of carbonyl (C=O) groups excluding carboxylic acids is 2. The first-order chi connectivity index (χ1) is 11.6. The van der Waals surface area contributed by atoms with Crippen LogP contribution in [0.2, 0.25) is 0 Å². The summed E-state index contributed by atoms with van der Waals surface area (Å²) in [4.78, 5) is 28.9. The Morgan fingerprint density at radius 3 is 2.67 bits per heavy atom. The van der Waals surface area contributed by atoms with Gasteiger partial charge in [0.25, 0.3) is 5.91 Å². The van der Waals surface area contributed by atoms with Gasteiger partial charge in [0.1, 0.15) is 11.3 Å². The molecule has 1 atom stereocenters. The Morgan fingerprint density at radius 1 is 1.21 bits per heavy atom. The van der Waals surface area contributed by atoms with Gasteiger partial charge in [-0.2, -0.15) is 0 Å². The van der Waals surface area contributed by atoms with Crippen molar-refractivity contribution in [1.29, 1.82) is 0 Å². The Morgan fingerprint density at radius 2 is 1.96 bits per heavy atom. The summed E-state index contributed by atoms with van der Waals surface area (Å²) in [5, 5.41) is 12.6. The maximum absolute atomic E-state index is 12.5. The van der Waals surface area contributed by atoms with Gasteiger partial charge >= 0.3 is 5.97 Å². The summed E-state index contributed by atoms with van der Waals surface area (Å²) in [6, 6.07) is 10.7. The highest BCUT2D eigenvalue weighted by Crippen LogP contribution is 2.30. The van der Waals surface area contributed by atoms with E-state index in [0.29, 0.717) is 19.3 Å². The minimum atomic E-state index is -1.16. The Kier molecular flexibility index (Phi) is 4.20. The molecular weight excluding hydrogens is 308 g/mol. The minimum Gasteiger partial charge on any atom is -0.505 e. The molecule has 0 saturated carbocycles. The molecular formula is C18H18N2O4. The fraction of sp³-hybridized carbons (Fsp3) is 0.278. The summed E-state index contributed by atoms with van der Waals surface area (Å²) < 4.78 is 4.94. The quantitative estimate of drug-likeness (QED) is 0.837. The van der Waals surface area contributed by atoms with Crippen LogP contribution in [0.5, 0.6) is 5.75 Å². The lowest BCUT2D eigenvalue weighted by atomic mass is 9.77. The zero-order valence-corrected chi connectivity index (χ0v) is 13.3. The molecule has 1 amide bonds. The minimum absolute atomic E-state index is 0.111. The smallest absolute Gasteiger partial charge is 0.331 e. The lowest BCUT2D eigenvalue weighted by Gasteiger charge is -2.36. The SMILES string of the molecule is COC(=O)C1(NC(=O)c2ncccc2O)CCc2ccccc2C1. The van der Waals surface area contributed by atoms with Gasteiger partial charge in [-0.25, -0.2) is 9.78 Å². The van der Waals surface area contributed by atoms with E-state index in [9.17, 15) is 14.7 Å². The molecule has 2 N–H and O–H groups in total. The van der Waals surface area contributed by atoms with Crippen molar-refractivity contribution in [3.05, 3.63) is 59.4 Å². The van der Waals surface area contributed by atoms with Crippen molar-refractivity contribution in [3.63, 3.8) is 0 Å². The van der Waals surface area contributed by atoms with Crippen LogP contribution in [-0.2, 0) is 22.4 Å². The molecule has 1 heterocycles. The van der Waals surface area contributed by atoms with Crippen LogP contribution in [0, 0.1) is 0 Å². The Bertz CT molecular complexity index is 790. The molecule has 3 rings (SSSR count). The van der Waals surface area contributed by atoms with Crippen LogP contribution in [0.1, 0.15) is 28.0 Å². The van der Waals surface area contributed by atoms with Crippen LogP contribution in [0.4, 0.5) is 0 Å². The highest BCUT2D eigenvalue weighted by Gasteiger charge is 2.44. The van der Waals surface area contributed by atoms with Gasteiger partial charge < -0.3 is 15.2 Å². The molecule has 1 unspecified atom stereocenters. The van der Waals surface area contributed by atoms with Gasteiger partial charge in [0.15, 0.2) is 5.69 Å². The van der Waals surface area contributed by atoms with Crippen LogP contribution in [-0.4, -0.2) is 34.6 Å². The second-order valence-corrected chi connectivity index (χ2v) is 5.84. The molecule has 1 aromatic heterocycles. The summed E-state index contributed by atoms with van der Waals surface area (Å²) in [6.07, 6.45) is 2.83. The van der Waals surface area contributed by atoms with Gasteiger partial charge in [-0.1, -0.05) is 24.3 Å². The number of pyridine rings is 1. The van der Waals surface area contributed by atoms with E-state index in [1.807, 2.05) is 24.3 Å². The summed E-state index contributed by atoms with van der Waals surface area (Å²) in [5.74, 6) is -1.33. The molecule has 0 radical (unpaired) electrons. The van der Waals surface area contributed by atoms with E-state index in [1.54, 1.807) is 0 Å². The first-order valence-corrected chi connectivity index (χ1v) is 7.67. The number of benzene rings is 1. The van der Waals surface area contributed by atoms with Crippen LogP contribution in [0.15, 0.2) is 42.6 Å². The number of nitrogens with one attached hydrogen (secondary N) is 1. The third-order valence-corrected chi connectivity index (χ3v) is 4.36. The predicted octanol–water partition coefficient (Wildman–Crippen LogP) is 1.62. The molecule has 6 nitrogen and oxygen atoms in total. The molecule has 1 aliphatic carbocycles. The number of nitrogens with zero attached hydrogens (tertiary/aromatic N) is 1. The molecule has 0 saturated heterocycles. The van der Waals surface area contributed by atoms with E-state index in [1.165, 1.54) is 25.4 Å². The monoisotopic (exact) mass is 326 g/mol. The number of aromatic nitrogens is 1. The summed E-state index contributed by atoms with van der Waals surface area (Å²) in [6.45, 7) is 0. The maximum Gasteiger partial charge on any atom is 0.331 e. The number of amides is 1. The molecule has 0 fully saturated rings. The number of ether oxygens (including phenoxy) is 1. The van der Waals surface area contributed by atoms with Crippen LogP contribution >= 0.6 is 0 Å². The van der Waals surface area contributed by atoms with E-state index in [4.69, 9.17) is 4.74 Å². The highest BCUT2D eigenvalue weighted by atomic mass is 16.5. The van der Waals surface area contributed by atoms with Crippen molar-refractivity contribution >= 4 is 11.9 Å². The van der Waals surface area contributed by atoms with Crippen molar-refractivity contribution in [1.82, 2.24) is 10.3 Å². The van der Waals surface area contributed by atoms with E-state index in [0.717, 1.165) is 11.1 Å². The number of aryl methyl sites for hydroxylation is 1. The van der Waals surface area contributed by atoms with Gasteiger partial charge in [0.2, 0.25) is 0 Å². The molecule has 1 aliphatic rings. The number of esters is 1. The van der Waals surface area contributed by atoms with Gasteiger partial charge in [0.05, 0.1) is 7.11 Å². The summed E-state index contributed by atoms with van der Waals surface area (Å²) in [5.41, 5.74) is 0.885. The fourth-order valence-corrected chi connectivity index (χ4v) is 3.11. The zero-order valence-electron chi connectivity index (χ0n) is 13.3.